The molecule has 0 saturated carbocycles. The number of aromatic nitrogens is 4. The lowest BCUT2D eigenvalue weighted by molar-refractivity contribution is 0.601. The SMILES string of the molecule is O=S(=O)(Cl)c1nc2c(Br)ncc(Br)n2n1. The third-order valence-corrected chi connectivity index (χ3v) is 3.60. The molecule has 0 saturated heterocycles. The summed E-state index contributed by atoms with van der Waals surface area (Å²) in [5, 5.41) is 3.25. The molecular formula is C5HBr2ClN4O2S. The van der Waals surface area contributed by atoms with Gasteiger partial charge in [0.05, 0.1) is 6.20 Å². The predicted molar refractivity (Wildman–Crippen MR) is 59.2 cm³/mol. The van der Waals surface area contributed by atoms with Crippen LogP contribution < -0.4 is 0 Å². The fourth-order valence-electron chi connectivity index (χ4n) is 0.901. The Kier molecular flexibility index (Phi) is 2.73. The Morgan fingerprint density at radius 3 is 2.60 bits per heavy atom. The van der Waals surface area contributed by atoms with Crippen LogP contribution in [0.5, 0.6) is 0 Å². The van der Waals surface area contributed by atoms with E-state index >= 15 is 0 Å². The number of hydrogen-bond acceptors (Lipinski definition) is 5. The van der Waals surface area contributed by atoms with E-state index in [1.54, 1.807) is 0 Å². The van der Waals surface area contributed by atoms with Gasteiger partial charge in [-0.25, -0.2) is 17.9 Å². The second-order valence-electron chi connectivity index (χ2n) is 2.44. The number of halogens is 3. The van der Waals surface area contributed by atoms with Crippen molar-refractivity contribution < 1.29 is 8.42 Å². The Bertz CT molecular complexity index is 601. The summed E-state index contributed by atoms with van der Waals surface area (Å²) in [5.41, 5.74) is 0.267. The zero-order valence-corrected chi connectivity index (χ0v) is 11.5. The van der Waals surface area contributed by atoms with Gasteiger partial charge in [0.1, 0.15) is 4.60 Å². The van der Waals surface area contributed by atoms with Gasteiger partial charge in [0.2, 0.25) is 0 Å². The van der Waals surface area contributed by atoms with Crippen LogP contribution in [-0.2, 0) is 9.05 Å². The Balaban J connectivity index is 2.87. The smallest absolute Gasteiger partial charge is 0.243 e. The molecule has 0 aromatic carbocycles. The van der Waals surface area contributed by atoms with E-state index < -0.39 is 14.2 Å². The lowest BCUT2D eigenvalue weighted by Gasteiger charge is -1.94. The molecule has 0 bridgehead atoms. The van der Waals surface area contributed by atoms with Gasteiger partial charge in [0, 0.05) is 10.7 Å². The molecule has 2 rings (SSSR count). The first kappa shape index (κ1) is 11.2. The Hall–Kier alpha value is -0.250. The standard InChI is InChI=1S/C5HBr2ClN4O2S/c6-2-1-9-3(7)4-10-5(11-12(2)4)15(8,13)14/h1H. The average molecular weight is 376 g/mol. The summed E-state index contributed by atoms with van der Waals surface area (Å²) in [6.45, 7) is 0. The molecule has 2 aromatic heterocycles. The molecule has 2 aromatic rings. The Morgan fingerprint density at radius 2 is 2.07 bits per heavy atom. The molecule has 0 amide bonds. The van der Waals surface area contributed by atoms with Crippen molar-refractivity contribution in [3.63, 3.8) is 0 Å². The highest BCUT2D eigenvalue weighted by Crippen LogP contribution is 2.20. The van der Waals surface area contributed by atoms with Crippen LogP contribution in [0.15, 0.2) is 20.6 Å². The highest BCUT2D eigenvalue weighted by Gasteiger charge is 2.19. The molecule has 0 aliphatic carbocycles. The van der Waals surface area contributed by atoms with Crippen LogP contribution in [0.25, 0.3) is 5.65 Å². The quantitative estimate of drug-likeness (QED) is 0.706. The van der Waals surface area contributed by atoms with E-state index in [1.807, 2.05) is 0 Å². The molecule has 0 aliphatic heterocycles. The summed E-state index contributed by atoms with van der Waals surface area (Å²) >= 11 is 6.27. The van der Waals surface area contributed by atoms with Crippen LogP contribution in [0.2, 0.25) is 0 Å². The first-order valence-electron chi connectivity index (χ1n) is 3.41. The molecule has 0 radical (unpaired) electrons. The van der Waals surface area contributed by atoms with E-state index in [-0.39, 0.29) is 5.65 Å². The minimum Gasteiger partial charge on any atom is -0.243 e. The van der Waals surface area contributed by atoms with Gasteiger partial charge >= 0.3 is 0 Å². The lowest BCUT2D eigenvalue weighted by Crippen LogP contribution is -1.95. The number of hydrogen-bond donors (Lipinski definition) is 0. The van der Waals surface area contributed by atoms with Crippen molar-refractivity contribution >= 4 is 57.2 Å². The van der Waals surface area contributed by atoms with Crippen LogP contribution in [0.3, 0.4) is 0 Å². The topological polar surface area (TPSA) is 77.2 Å². The van der Waals surface area contributed by atoms with Crippen LogP contribution in [-0.4, -0.2) is 28.0 Å². The summed E-state index contributed by atoms with van der Waals surface area (Å²) in [6, 6.07) is 0. The van der Waals surface area contributed by atoms with E-state index in [1.165, 1.54) is 10.7 Å². The summed E-state index contributed by atoms with van der Waals surface area (Å²) in [7, 11) is 1.18. The van der Waals surface area contributed by atoms with E-state index in [0.29, 0.717) is 9.21 Å². The number of rotatable bonds is 1. The maximum absolute atomic E-state index is 11.0. The molecule has 10 heteroatoms. The van der Waals surface area contributed by atoms with Gasteiger partial charge in [-0.15, -0.1) is 5.10 Å². The average Bonchev–Trinajstić information content (AvgIpc) is 2.56. The van der Waals surface area contributed by atoms with Crippen molar-refractivity contribution in [1.82, 2.24) is 19.6 Å². The highest BCUT2D eigenvalue weighted by atomic mass is 79.9. The van der Waals surface area contributed by atoms with Crippen LogP contribution in [0, 0.1) is 0 Å². The molecule has 0 aliphatic rings. The summed E-state index contributed by atoms with van der Waals surface area (Å²) in [6.07, 6.45) is 1.45. The number of fused-ring (bicyclic) bond motifs is 1. The van der Waals surface area contributed by atoms with Crippen LogP contribution in [0.4, 0.5) is 0 Å². The predicted octanol–water partition coefficient (Wildman–Crippen LogP) is 1.58. The van der Waals surface area contributed by atoms with Gasteiger partial charge in [-0.2, -0.15) is 4.98 Å². The summed E-state index contributed by atoms with van der Waals surface area (Å²) < 4.78 is 24.1. The molecule has 15 heavy (non-hydrogen) atoms. The Morgan fingerprint density at radius 1 is 1.40 bits per heavy atom. The van der Waals surface area contributed by atoms with Crippen molar-refractivity contribution in [3.8, 4) is 0 Å². The largest absolute Gasteiger partial charge is 0.298 e. The lowest BCUT2D eigenvalue weighted by atomic mass is 10.7. The van der Waals surface area contributed by atoms with E-state index in [2.05, 4.69) is 46.9 Å². The summed E-state index contributed by atoms with van der Waals surface area (Å²) in [4.78, 5) is 7.65. The zero-order valence-electron chi connectivity index (χ0n) is 6.72. The van der Waals surface area contributed by atoms with Crippen molar-refractivity contribution in [2.75, 3.05) is 0 Å². The third-order valence-electron chi connectivity index (χ3n) is 1.48. The molecule has 0 unspecified atom stereocenters. The van der Waals surface area contributed by atoms with Crippen LogP contribution >= 0.6 is 42.5 Å². The third kappa shape index (κ3) is 2.01. The van der Waals surface area contributed by atoms with Gasteiger partial charge < -0.3 is 0 Å². The van der Waals surface area contributed by atoms with Crippen molar-refractivity contribution in [1.29, 1.82) is 0 Å². The van der Waals surface area contributed by atoms with Gasteiger partial charge in [-0.1, -0.05) is 0 Å². The molecule has 0 N–H and O–H groups in total. The zero-order chi connectivity index (χ0) is 11.2. The van der Waals surface area contributed by atoms with E-state index in [0.717, 1.165) is 0 Å². The van der Waals surface area contributed by atoms with E-state index in [4.69, 9.17) is 10.7 Å². The normalized spacial score (nSPS) is 12.2. The minimum absolute atomic E-state index is 0.267. The van der Waals surface area contributed by atoms with E-state index in [9.17, 15) is 8.42 Å². The molecule has 80 valence electrons. The second-order valence-corrected chi connectivity index (χ2v) is 6.46. The molecule has 0 atom stereocenters. The first-order valence-corrected chi connectivity index (χ1v) is 7.30. The molecular weight excluding hydrogens is 375 g/mol. The fourth-order valence-corrected chi connectivity index (χ4v) is 2.18. The van der Waals surface area contributed by atoms with Crippen molar-refractivity contribution in [2.45, 2.75) is 5.16 Å². The van der Waals surface area contributed by atoms with Gasteiger partial charge in [-0.3, -0.25) is 0 Å². The van der Waals surface area contributed by atoms with Crippen LogP contribution in [0.1, 0.15) is 0 Å². The summed E-state index contributed by atoms with van der Waals surface area (Å²) in [5.74, 6) is 0. The van der Waals surface area contributed by atoms with Gasteiger partial charge in [0.25, 0.3) is 14.2 Å². The Labute approximate surface area is 105 Å². The molecule has 2 heterocycles. The fraction of sp³-hybridized carbons (Fsp3) is 0. The number of nitrogens with zero attached hydrogens (tertiary/aromatic N) is 4. The second kappa shape index (κ2) is 3.65. The molecule has 6 nitrogen and oxygen atoms in total. The van der Waals surface area contributed by atoms with Crippen molar-refractivity contribution in [2.24, 2.45) is 0 Å². The maximum atomic E-state index is 11.0. The van der Waals surface area contributed by atoms with Gasteiger partial charge in [-0.05, 0) is 31.9 Å². The highest BCUT2D eigenvalue weighted by molar-refractivity contribution is 9.11. The van der Waals surface area contributed by atoms with Crippen molar-refractivity contribution in [3.05, 3.63) is 15.4 Å². The first-order chi connectivity index (χ1) is 6.89. The van der Waals surface area contributed by atoms with Gasteiger partial charge in [0.15, 0.2) is 10.3 Å². The monoisotopic (exact) mass is 374 g/mol. The minimum atomic E-state index is -3.94. The molecule has 0 fully saturated rings. The maximum Gasteiger partial charge on any atom is 0.298 e. The molecule has 0 spiro atoms.